The Hall–Kier alpha value is -3.38. The number of aromatic nitrogens is 3. The predicted molar refractivity (Wildman–Crippen MR) is 125 cm³/mol. The molecule has 0 spiro atoms. The first-order chi connectivity index (χ1) is 15.1. The molecule has 0 bridgehead atoms. The number of carbonyl (C=O) groups is 2. The van der Waals surface area contributed by atoms with Gasteiger partial charge in [0.2, 0.25) is 21.8 Å². The Labute approximate surface area is 189 Å². The fraction of sp³-hybridized carbons (Fsp3) is 0.200. The van der Waals surface area contributed by atoms with Crippen LogP contribution in [0.25, 0.3) is 11.4 Å². The molecule has 3 N–H and O–H groups in total. The maximum absolute atomic E-state index is 12.3. The Morgan fingerprint density at radius 2 is 1.50 bits per heavy atom. The molecule has 168 valence electrons. The van der Waals surface area contributed by atoms with Crippen LogP contribution in [0.3, 0.4) is 0 Å². The van der Waals surface area contributed by atoms with Gasteiger partial charge in [-0.3, -0.25) is 14.3 Å². The van der Waals surface area contributed by atoms with Gasteiger partial charge in [0, 0.05) is 36.6 Å². The van der Waals surface area contributed by atoms with Crippen LogP contribution in [0, 0.1) is 0 Å². The Balaban J connectivity index is 1.58. The first kappa shape index (κ1) is 23.3. The largest absolute Gasteiger partial charge is 0.326 e. The minimum absolute atomic E-state index is 0.136. The van der Waals surface area contributed by atoms with Gasteiger partial charge in [0.1, 0.15) is 0 Å². The van der Waals surface area contributed by atoms with Gasteiger partial charge in [0.25, 0.3) is 0 Å². The summed E-state index contributed by atoms with van der Waals surface area (Å²) in [6, 6.07) is 13.6. The Kier molecular flexibility index (Phi) is 7.15. The van der Waals surface area contributed by atoms with Gasteiger partial charge in [-0.2, -0.15) is 0 Å². The summed E-state index contributed by atoms with van der Waals surface area (Å²) in [7, 11) is -1.55. The summed E-state index contributed by atoms with van der Waals surface area (Å²) in [6.07, 6.45) is 1.09. The second-order valence-electron chi connectivity index (χ2n) is 6.91. The summed E-state index contributed by atoms with van der Waals surface area (Å²) < 4.78 is 26.8. The lowest BCUT2D eigenvalue weighted by atomic mass is 10.2. The first-order valence-corrected chi connectivity index (χ1v) is 12.3. The van der Waals surface area contributed by atoms with Crippen molar-refractivity contribution >= 4 is 50.7 Å². The van der Waals surface area contributed by atoms with Crippen molar-refractivity contribution in [1.29, 1.82) is 0 Å². The van der Waals surface area contributed by atoms with Crippen LogP contribution < -0.4 is 15.4 Å². The number of benzene rings is 2. The van der Waals surface area contributed by atoms with E-state index >= 15 is 0 Å². The molecule has 0 saturated heterocycles. The monoisotopic (exact) mass is 474 g/mol. The molecule has 0 unspecified atom stereocenters. The van der Waals surface area contributed by atoms with E-state index in [0.717, 1.165) is 11.8 Å². The number of hydrogen-bond donors (Lipinski definition) is 3. The van der Waals surface area contributed by atoms with E-state index < -0.39 is 10.0 Å². The Morgan fingerprint density at radius 3 is 2.06 bits per heavy atom. The normalized spacial score (nSPS) is 11.1. The number of sulfonamides is 1. The third kappa shape index (κ3) is 6.56. The molecule has 0 fully saturated rings. The lowest BCUT2D eigenvalue weighted by molar-refractivity contribution is -0.114. The van der Waals surface area contributed by atoms with Crippen molar-refractivity contribution in [3.05, 3.63) is 48.5 Å². The van der Waals surface area contributed by atoms with Gasteiger partial charge in [0.15, 0.2) is 11.0 Å². The molecule has 0 atom stereocenters. The van der Waals surface area contributed by atoms with Crippen molar-refractivity contribution in [2.75, 3.05) is 27.4 Å². The number of nitrogens with zero attached hydrogens (tertiary/aromatic N) is 3. The van der Waals surface area contributed by atoms with E-state index in [-0.39, 0.29) is 17.6 Å². The van der Waals surface area contributed by atoms with E-state index in [2.05, 4.69) is 25.6 Å². The first-order valence-electron chi connectivity index (χ1n) is 9.38. The molecule has 0 aliphatic rings. The number of rotatable bonds is 8. The Bertz CT molecular complexity index is 1220. The molecule has 0 aliphatic carbocycles. The molecule has 12 heteroatoms. The van der Waals surface area contributed by atoms with Crippen molar-refractivity contribution in [1.82, 2.24) is 14.8 Å². The number of amides is 2. The van der Waals surface area contributed by atoms with Crippen LogP contribution in [0.5, 0.6) is 0 Å². The van der Waals surface area contributed by atoms with Crippen LogP contribution in [-0.2, 0) is 26.7 Å². The molecule has 0 aliphatic heterocycles. The summed E-state index contributed by atoms with van der Waals surface area (Å²) >= 11 is 1.24. The number of hydrogen-bond acceptors (Lipinski definition) is 7. The highest BCUT2D eigenvalue weighted by Gasteiger charge is 2.13. The van der Waals surface area contributed by atoms with E-state index in [1.165, 1.54) is 18.7 Å². The highest BCUT2D eigenvalue weighted by molar-refractivity contribution is 7.99. The molecule has 2 amide bonds. The maximum atomic E-state index is 12.3. The van der Waals surface area contributed by atoms with Crippen molar-refractivity contribution < 1.29 is 18.0 Å². The van der Waals surface area contributed by atoms with Gasteiger partial charge in [0.05, 0.1) is 12.0 Å². The van der Waals surface area contributed by atoms with Crippen LogP contribution in [-0.4, -0.2) is 47.0 Å². The third-order valence-corrected chi connectivity index (χ3v) is 5.73. The minimum atomic E-state index is -3.35. The molecule has 3 rings (SSSR count). The van der Waals surface area contributed by atoms with Gasteiger partial charge in [-0.25, -0.2) is 8.42 Å². The van der Waals surface area contributed by atoms with Crippen molar-refractivity contribution in [3.63, 3.8) is 0 Å². The fourth-order valence-electron chi connectivity index (χ4n) is 2.76. The maximum Gasteiger partial charge on any atom is 0.234 e. The van der Waals surface area contributed by atoms with Gasteiger partial charge in [-0.05, 0) is 48.5 Å². The van der Waals surface area contributed by atoms with Gasteiger partial charge < -0.3 is 15.2 Å². The summed E-state index contributed by atoms with van der Waals surface area (Å²) in [4.78, 5) is 23.3. The molecule has 0 radical (unpaired) electrons. The molecule has 1 heterocycles. The topological polar surface area (TPSA) is 135 Å². The molecule has 3 aromatic rings. The van der Waals surface area contributed by atoms with Gasteiger partial charge >= 0.3 is 0 Å². The number of nitrogens with one attached hydrogen (secondary N) is 3. The quantitative estimate of drug-likeness (QED) is 0.427. The highest BCUT2D eigenvalue weighted by atomic mass is 32.2. The van der Waals surface area contributed by atoms with Crippen LogP contribution in [0.2, 0.25) is 0 Å². The second kappa shape index (κ2) is 9.83. The second-order valence-corrected chi connectivity index (χ2v) is 9.60. The number of thioether (sulfide) groups is 1. The zero-order valence-electron chi connectivity index (χ0n) is 17.6. The summed E-state index contributed by atoms with van der Waals surface area (Å²) in [5.74, 6) is 0.356. The molecular weight excluding hydrogens is 452 g/mol. The SMILES string of the molecule is CC(=O)Nc1ccc(NC(=O)CSc2nnc(-c3ccc(NS(C)(=O)=O)cc3)n2C)cc1. The van der Waals surface area contributed by atoms with Gasteiger partial charge in [-0.1, -0.05) is 11.8 Å². The third-order valence-electron chi connectivity index (χ3n) is 4.10. The van der Waals surface area contributed by atoms with Gasteiger partial charge in [-0.15, -0.1) is 10.2 Å². The van der Waals surface area contributed by atoms with Crippen LogP contribution in [0.4, 0.5) is 17.1 Å². The molecular formula is C20H22N6O4S2. The lowest BCUT2D eigenvalue weighted by Crippen LogP contribution is -2.14. The lowest BCUT2D eigenvalue weighted by Gasteiger charge is -2.07. The number of anilines is 3. The van der Waals surface area contributed by atoms with E-state index in [1.807, 2.05) is 0 Å². The Morgan fingerprint density at radius 1 is 0.938 bits per heavy atom. The zero-order valence-corrected chi connectivity index (χ0v) is 19.3. The van der Waals surface area contributed by atoms with Crippen molar-refractivity contribution in [3.8, 4) is 11.4 Å². The standard InChI is InChI=1S/C20H22N6O4S2/c1-13(27)21-15-8-10-16(11-9-15)22-18(28)12-31-20-24-23-19(26(20)2)14-4-6-17(7-5-14)25-32(3,29)30/h4-11,25H,12H2,1-3H3,(H,21,27)(H,22,28). The zero-order chi connectivity index (χ0) is 23.3. The highest BCUT2D eigenvalue weighted by Crippen LogP contribution is 2.24. The average Bonchev–Trinajstić information content (AvgIpc) is 3.07. The minimum Gasteiger partial charge on any atom is -0.326 e. The molecule has 0 saturated carbocycles. The summed E-state index contributed by atoms with van der Waals surface area (Å²) in [6.45, 7) is 1.43. The van der Waals surface area contributed by atoms with E-state index in [1.54, 1.807) is 60.1 Å². The molecule has 32 heavy (non-hydrogen) atoms. The molecule has 10 nitrogen and oxygen atoms in total. The van der Waals surface area contributed by atoms with E-state index in [9.17, 15) is 18.0 Å². The smallest absolute Gasteiger partial charge is 0.234 e. The van der Waals surface area contributed by atoms with Crippen LogP contribution in [0.1, 0.15) is 6.92 Å². The van der Waals surface area contributed by atoms with Crippen molar-refractivity contribution in [2.45, 2.75) is 12.1 Å². The molecule has 1 aromatic heterocycles. The van der Waals surface area contributed by atoms with Crippen LogP contribution in [0.15, 0.2) is 53.7 Å². The van der Waals surface area contributed by atoms with E-state index in [4.69, 9.17) is 0 Å². The predicted octanol–water partition coefficient (Wildman–Crippen LogP) is 2.54. The van der Waals surface area contributed by atoms with E-state index in [0.29, 0.717) is 28.0 Å². The summed E-state index contributed by atoms with van der Waals surface area (Å²) in [5, 5.41) is 14.3. The average molecular weight is 475 g/mol. The van der Waals surface area contributed by atoms with Crippen molar-refractivity contribution in [2.24, 2.45) is 7.05 Å². The molecule has 2 aromatic carbocycles. The summed E-state index contributed by atoms with van der Waals surface area (Å²) in [5.41, 5.74) is 2.48. The number of carbonyl (C=O) groups excluding carboxylic acids is 2. The van der Waals surface area contributed by atoms with Crippen LogP contribution >= 0.6 is 11.8 Å². The fourth-order valence-corrected chi connectivity index (χ4v) is 4.04.